The summed E-state index contributed by atoms with van der Waals surface area (Å²) < 4.78 is 0. The Hall–Kier alpha value is -3.75. The molecule has 0 aromatic heterocycles. The van der Waals surface area contributed by atoms with E-state index in [0.29, 0.717) is 76.8 Å². The highest BCUT2D eigenvalue weighted by atomic mass is 16.3. The van der Waals surface area contributed by atoms with E-state index in [9.17, 15) is 38.7 Å². The minimum atomic E-state index is -0.972. The summed E-state index contributed by atoms with van der Waals surface area (Å²) in [6.07, 6.45) is 5.40. The van der Waals surface area contributed by atoms with Crippen LogP contribution in [0.2, 0.25) is 0 Å². The number of Topliss-reactive ketones (excluding diaryl/α,β-unsaturated/α-hetero) is 2. The van der Waals surface area contributed by atoms with Crippen molar-refractivity contribution in [2.45, 2.75) is 138 Å². The molecule has 4 N–H and O–H groups in total. The van der Waals surface area contributed by atoms with Crippen molar-refractivity contribution >= 4 is 41.4 Å². The Morgan fingerprint density at radius 1 is 0.638 bits per heavy atom. The summed E-state index contributed by atoms with van der Waals surface area (Å²) in [7, 11) is 0. The van der Waals surface area contributed by atoms with Gasteiger partial charge in [-0.3, -0.25) is 24.0 Å². The zero-order valence-corrected chi connectivity index (χ0v) is 36.9. The normalized spacial score (nSPS) is 23.4. The first-order valence-electron chi connectivity index (χ1n) is 21.8. The second kappa shape index (κ2) is 22.6. The van der Waals surface area contributed by atoms with Gasteiger partial charge in [0.2, 0.25) is 17.7 Å². The van der Waals surface area contributed by atoms with Crippen molar-refractivity contribution in [3.05, 3.63) is 0 Å². The number of likely N-dealkylation sites (tertiary alicyclic amines) is 4. The third-order valence-electron chi connectivity index (χ3n) is 11.3. The molecule has 0 spiro atoms. The summed E-state index contributed by atoms with van der Waals surface area (Å²) in [5.74, 6) is 0.127. The van der Waals surface area contributed by atoms with E-state index < -0.39 is 24.1 Å². The quantitative estimate of drug-likeness (QED) is 0.192. The number of hydrogen-bond donors (Lipinski definition) is 4. The summed E-state index contributed by atoms with van der Waals surface area (Å²) in [6.45, 7) is 22.0. The van der Waals surface area contributed by atoms with E-state index >= 15 is 0 Å². The molecule has 5 atom stereocenters. The zero-order chi connectivity index (χ0) is 43.3. The fourth-order valence-corrected chi connectivity index (χ4v) is 8.08. The zero-order valence-electron chi connectivity index (χ0n) is 36.9. The van der Waals surface area contributed by atoms with Crippen LogP contribution in [0.4, 0.5) is 9.59 Å². The molecule has 4 aliphatic rings. The molecule has 0 radical (unpaired) electrons. The van der Waals surface area contributed by atoms with Gasteiger partial charge in [-0.15, -0.1) is 0 Å². The van der Waals surface area contributed by atoms with E-state index in [-0.39, 0.29) is 78.2 Å². The molecule has 15 nitrogen and oxygen atoms in total. The second-order valence-corrected chi connectivity index (χ2v) is 19.2. The van der Waals surface area contributed by atoms with Crippen molar-refractivity contribution in [1.29, 1.82) is 0 Å². The summed E-state index contributed by atoms with van der Waals surface area (Å²) in [5.41, 5.74) is -0.0779. The number of rotatable bonds is 15. The molecule has 4 fully saturated rings. The van der Waals surface area contributed by atoms with Crippen LogP contribution in [0.1, 0.15) is 120 Å². The molecule has 7 amide bonds. The van der Waals surface area contributed by atoms with E-state index in [1.54, 1.807) is 14.7 Å². The maximum atomic E-state index is 13.1. The summed E-state index contributed by atoms with van der Waals surface area (Å²) in [4.78, 5) is 94.4. The molecule has 4 aliphatic heterocycles. The highest BCUT2D eigenvalue weighted by Crippen LogP contribution is 2.30. The number of urea groups is 2. The third-order valence-corrected chi connectivity index (χ3v) is 11.3. The second-order valence-electron chi connectivity index (χ2n) is 19.2. The molecular formula is C43H75N7O8. The predicted molar refractivity (Wildman–Crippen MR) is 222 cm³/mol. The van der Waals surface area contributed by atoms with Gasteiger partial charge in [0.05, 0.1) is 30.7 Å². The molecule has 0 aromatic rings. The molecular weight excluding hydrogens is 743 g/mol. The van der Waals surface area contributed by atoms with Gasteiger partial charge in [-0.25, -0.2) is 9.59 Å². The lowest BCUT2D eigenvalue weighted by atomic mass is 9.90. The van der Waals surface area contributed by atoms with Crippen LogP contribution < -0.4 is 16.0 Å². The van der Waals surface area contributed by atoms with E-state index in [2.05, 4.69) is 43.6 Å². The summed E-state index contributed by atoms with van der Waals surface area (Å²) >= 11 is 0. The van der Waals surface area contributed by atoms with Crippen LogP contribution in [0.5, 0.6) is 0 Å². The highest BCUT2D eigenvalue weighted by Gasteiger charge is 2.45. The number of aliphatic hydroxyl groups is 1. The summed E-state index contributed by atoms with van der Waals surface area (Å²) in [6, 6.07) is -1.37. The first-order chi connectivity index (χ1) is 27.2. The number of hydrogen-bond acceptors (Lipinski definition) is 8. The minimum absolute atomic E-state index is 0.0311. The SMILES string of the molecule is CC(C)CCNC(=O)CNC(=O)N1CC(C(=O)[C@@H]2CCCN2C(=O)CC(C)C)[C@H](O)C1.CC(C)CCNC(=O)N1CCC(C(=O)[C@@H]2CCCN2C(=O)CC(C)(C)C)C1. The Morgan fingerprint density at radius 3 is 1.76 bits per heavy atom. The van der Waals surface area contributed by atoms with Crippen LogP contribution in [0.25, 0.3) is 0 Å². The average Bonchev–Trinajstić information content (AvgIpc) is 3.95. The van der Waals surface area contributed by atoms with Crippen LogP contribution >= 0.6 is 0 Å². The van der Waals surface area contributed by atoms with Crippen LogP contribution in [0.15, 0.2) is 0 Å². The Labute approximate surface area is 347 Å². The van der Waals surface area contributed by atoms with Crippen molar-refractivity contribution in [1.82, 2.24) is 35.6 Å². The van der Waals surface area contributed by atoms with Gasteiger partial charge in [-0.1, -0.05) is 62.3 Å². The minimum Gasteiger partial charge on any atom is -0.390 e. The van der Waals surface area contributed by atoms with E-state index in [0.717, 1.165) is 32.1 Å². The third kappa shape index (κ3) is 15.1. The first-order valence-corrected chi connectivity index (χ1v) is 21.8. The van der Waals surface area contributed by atoms with Crippen molar-refractivity contribution in [3.63, 3.8) is 0 Å². The Balaban J connectivity index is 0.000000313. The molecule has 4 saturated heterocycles. The monoisotopic (exact) mass is 818 g/mol. The standard InChI is InChI=1S/C22H38N4O5.C21H37N3O3/c1-14(2)7-8-23-19(28)11-24-22(31)25-12-16(18(27)13-25)21(30)17-6-5-9-26(17)20(29)10-15(3)4;1-15(2)8-10-22-20(27)23-12-9-16(14-23)19(26)17-7-6-11-24(17)18(25)13-21(3,4)5/h14-18,27H,5-13H2,1-4H3,(H,23,28)(H,24,31);15-17H,6-14H2,1-5H3,(H,22,27)/t16?,17-,18+;16?,17-/m00/s1. The van der Waals surface area contributed by atoms with Crippen LogP contribution in [-0.4, -0.2) is 143 Å². The molecule has 0 saturated carbocycles. The summed E-state index contributed by atoms with van der Waals surface area (Å²) in [5, 5.41) is 18.7. The van der Waals surface area contributed by atoms with E-state index in [1.807, 2.05) is 34.6 Å². The molecule has 330 valence electrons. The Bertz CT molecular complexity index is 1430. The van der Waals surface area contributed by atoms with Gasteiger partial charge in [0.25, 0.3) is 0 Å². The average molecular weight is 818 g/mol. The molecule has 2 unspecified atom stereocenters. The van der Waals surface area contributed by atoms with Crippen LogP contribution in [0.3, 0.4) is 0 Å². The molecule has 0 aliphatic carbocycles. The van der Waals surface area contributed by atoms with Gasteiger partial charge in [0.15, 0.2) is 11.6 Å². The fraction of sp³-hybridized carbons (Fsp3) is 0.837. The largest absolute Gasteiger partial charge is 0.390 e. The maximum absolute atomic E-state index is 13.1. The van der Waals surface area contributed by atoms with Gasteiger partial charge in [-0.05, 0) is 68.1 Å². The number of amides is 7. The number of nitrogens with zero attached hydrogens (tertiary/aromatic N) is 4. The highest BCUT2D eigenvalue weighted by molar-refractivity contribution is 5.93. The van der Waals surface area contributed by atoms with Crippen molar-refractivity contribution in [2.24, 2.45) is 35.0 Å². The lowest BCUT2D eigenvalue weighted by Gasteiger charge is -2.28. The molecule has 4 rings (SSSR count). The number of ketones is 2. The number of aliphatic hydroxyl groups excluding tert-OH is 1. The van der Waals surface area contributed by atoms with Crippen molar-refractivity contribution < 1.29 is 38.7 Å². The van der Waals surface area contributed by atoms with Gasteiger partial charge >= 0.3 is 12.1 Å². The smallest absolute Gasteiger partial charge is 0.317 e. The molecule has 58 heavy (non-hydrogen) atoms. The van der Waals surface area contributed by atoms with Gasteiger partial charge in [0, 0.05) is 71.1 Å². The lowest BCUT2D eigenvalue weighted by molar-refractivity contribution is -0.140. The van der Waals surface area contributed by atoms with Crippen molar-refractivity contribution in [3.8, 4) is 0 Å². The molecule has 15 heteroatoms. The van der Waals surface area contributed by atoms with Crippen LogP contribution in [0, 0.1) is 35.0 Å². The van der Waals surface area contributed by atoms with Gasteiger partial charge < -0.3 is 40.7 Å². The number of carbonyl (C=O) groups is 7. The van der Waals surface area contributed by atoms with E-state index in [1.165, 1.54) is 4.90 Å². The molecule has 0 aromatic carbocycles. The van der Waals surface area contributed by atoms with Crippen molar-refractivity contribution in [2.75, 3.05) is 58.9 Å². The molecule has 0 bridgehead atoms. The Morgan fingerprint density at radius 2 is 1.19 bits per heavy atom. The number of nitrogens with one attached hydrogen (secondary N) is 3. The van der Waals surface area contributed by atoms with Crippen LogP contribution in [-0.2, 0) is 24.0 Å². The molecule has 4 heterocycles. The van der Waals surface area contributed by atoms with E-state index in [4.69, 9.17) is 0 Å². The number of β-amino-alcohol motifs (C(OH)–C–C–N with tert-alkyl or cyclic N) is 1. The fourth-order valence-electron chi connectivity index (χ4n) is 8.08. The first kappa shape index (κ1) is 48.6. The predicted octanol–water partition coefficient (Wildman–Crippen LogP) is 3.82. The lowest BCUT2D eigenvalue weighted by Crippen LogP contribution is -2.46. The number of carbonyl (C=O) groups excluding carboxylic acids is 7. The Kier molecular flexibility index (Phi) is 18.9. The maximum Gasteiger partial charge on any atom is 0.317 e. The topological polar surface area (TPSA) is 189 Å². The van der Waals surface area contributed by atoms with Gasteiger partial charge in [-0.2, -0.15) is 0 Å². The van der Waals surface area contributed by atoms with Gasteiger partial charge in [0.1, 0.15) is 0 Å².